The maximum Gasteiger partial charge on any atom is 0.212 e. The number of rotatable bonds is 9. The van der Waals surface area contributed by atoms with Gasteiger partial charge in [0.1, 0.15) is 0 Å². The minimum Gasteiger partial charge on any atom is -0.228 e. The summed E-state index contributed by atoms with van der Waals surface area (Å²) >= 11 is 0. The molecule has 1 nitrogen and oxygen atoms in total. The van der Waals surface area contributed by atoms with Crippen LogP contribution in [0.4, 0.5) is 4.39 Å². The largest absolute Gasteiger partial charge is 0.228 e. The minimum atomic E-state index is -0.385. The Morgan fingerprint density at radius 1 is 0.941 bits per heavy atom. The van der Waals surface area contributed by atoms with Crippen molar-refractivity contribution < 1.29 is 4.39 Å². The van der Waals surface area contributed by atoms with Gasteiger partial charge in [0.05, 0.1) is 0 Å². The summed E-state index contributed by atoms with van der Waals surface area (Å²) in [4.78, 5) is 3.66. The predicted molar refractivity (Wildman–Crippen MR) is 70.5 cm³/mol. The maximum atomic E-state index is 12.6. The fourth-order valence-corrected chi connectivity index (χ4v) is 2.02. The summed E-state index contributed by atoms with van der Waals surface area (Å²) in [6, 6.07) is 3.28. The normalized spacial score (nSPS) is 10.7. The van der Waals surface area contributed by atoms with Gasteiger partial charge in [0.15, 0.2) is 0 Å². The van der Waals surface area contributed by atoms with E-state index >= 15 is 0 Å². The molecule has 0 radical (unpaired) electrons. The SMILES string of the molecule is CCCCCCCCCCc1ccc(F)nc1. The predicted octanol–water partition coefficient (Wildman–Crippen LogP) is 4.90. The Kier molecular flexibility index (Phi) is 7.61. The zero-order chi connectivity index (χ0) is 12.3. The number of nitrogens with zero attached hydrogens (tertiary/aromatic N) is 1. The third kappa shape index (κ3) is 7.09. The maximum absolute atomic E-state index is 12.6. The van der Waals surface area contributed by atoms with Crippen molar-refractivity contribution in [2.24, 2.45) is 0 Å². The van der Waals surface area contributed by atoms with E-state index < -0.39 is 0 Å². The van der Waals surface area contributed by atoms with Crippen molar-refractivity contribution in [3.8, 4) is 0 Å². The Morgan fingerprint density at radius 2 is 1.59 bits per heavy atom. The van der Waals surface area contributed by atoms with Crippen LogP contribution in [0.1, 0.15) is 63.9 Å². The first-order valence-electron chi connectivity index (χ1n) is 6.93. The van der Waals surface area contributed by atoms with Gasteiger partial charge in [-0.05, 0) is 24.5 Å². The molecule has 0 saturated heterocycles. The number of hydrogen-bond donors (Lipinski definition) is 0. The summed E-state index contributed by atoms with van der Waals surface area (Å²) in [5, 5.41) is 0. The van der Waals surface area contributed by atoms with Gasteiger partial charge in [0.2, 0.25) is 5.95 Å². The molecule has 0 fully saturated rings. The van der Waals surface area contributed by atoms with E-state index in [2.05, 4.69) is 11.9 Å². The lowest BCUT2D eigenvalue weighted by molar-refractivity contribution is 0.571. The number of aromatic nitrogens is 1. The topological polar surface area (TPSA) is 12.9 Å². The highest BCUT2D eigenvalue weighted by atomic mass is 19.1. The van der Waals surface area contributed by atoms with Crippen molar-refractivity contribution >= 4 is 0 Å². The highest BCUT2D eigenvalue weighted by Crippen LogP contribution is 2.10. The average molecular weight is 237 g/mol. The van der Waals surface area contributed by atoms with Crippen LogP contribution in [0.2, 0.25) is 0 Å². The first kappa shape index (κ1) is 14.1. The standard InChI is InChI=1S/C15H24FN/c1-2-3-4-5-6-7-8-9-10-14-11-12-15(16)17-13-14/h11-13H,2-10H2,1H3. The molecule has 1 aromatic heterocycles. The van der Waals surface area contributed by atoms with Crippen LogP contribution in [0.3, 0.4) is 0 Å². The zero-order valence-corrected chi connectivity index (χ0v) is 10.9. The quantitative estimate of drug-likeness (QED) is 0.439. The molecule has 0 bridgehead atoms. The number of halogens is 1. The van der Waals surface area contributed by atoms with Crippen LogP contribution in [0.5, 0.6) is 0 Å². The monoisotopic (exact) mass is 237 g/mol. The molecule has 96 valence electrons. The summed E-state index contributed by atoms with van der Waals surface area (Å²) in [6.07, 6.45) is 13.3. The van der Waals surface area contributed by atoms with E-state index in [4.69, 9.17) is 0 Å². The van der Waals surface area contributed by atoms with E-state index in [1.807, 2.05) is 6.07 Å². The van der Waals surface area contributed by atoms with Crippen LogP contribution in [-0.4, -0.2) is 4.98 Å². The molecule has 0 atom stereocenters. The van der Waals surface area contributed by atoms with Gasteiger partial charge in [-0.25, -0.2) is 4.98 Å². The molecule has 0 aliphatic heterocycles. The smallest absolute Gasteiger partial charge is 0.212 e. The van der Waals surface area contributed by atoms with Crippen molar-refractivity contribution in [2.45, 2.75) is 64.7 Å². The van der Waals surface area contributed by atoms with Crippen LogP contribution < -0.4 is 0 Å². The molecule has 0 N–H and O–H groups in total. The van der Waals surface area contributed by atoms with Gasteiger partial charge in [0.25, 0.3) is 0 Å². The van der Waals surface area contributed by atoms with Gasteiger partial charge >= 0.3 is 0 Å². The molecule has 1 rings (SSSR count). The molecule has 0 aliphatic rings. The van der Waals surface area contributed by atoms with Gasteiger partial charge in [0, 0.05) is 6.20 Å². The first-order valence-corrected chi connectivity index (χ1v) is 6.93. The summed E-state index contributed by atoms with van der Waals surface area (Å²) in [7, 11) is 0. The van der Waals surface area contributed by atoms with Crippen molar-refractivity contribution in [3.63, 3.8) is 0 Å². The fourth-order valence-electron chi connectivity index (χ4n) is 2.02. The van der Waals surface area contributed by atoms with Crippen LogP contribution in [0.15, 0.2) is 18.3 Å². The second-order valence-corrected chi connectivity index (χ2v) is 4.71. The Labute approximate surface area is 104 Å². The molecule has 0 spiro atoms. The highest BCUT2D eigenvalue weighted by molar-refractivity contribution is 5.09. The molecule has 0 aromatic carbocycles. The summed E-state index contributed by atoms with van der Waals surface area (Å²) in [6.45, 7) is 2.25. The van der Waals surface area contributed by atoms with Crippen LogP contribution >= 0.6 is 0 Å². The van der Waals surface area contributed by atoms with E-state index in [1.54, 1.807) is 6.20 Å². The molecule has 0 unspecified atom stereocenters. The number of pyridine rings is 1. The molecule has 0 amide bonds. The lowest BCUT2D eigenvalue weighted by Crippen LogP contribution is -1.89. The van der Waals surface area contributed by atoms with E-state index in [-0.39, 0.29) is 5.95 Å². The van der Waals surface area contributed by atoms with Crippen molar-refractivity contribution in [2.75, 3.05) is 0 Å². The lowest BCUT2D eigenvalue weighted by Gasteiger charge is -2.02. The Morgan fingerprint density at radius 3 is 2.18 bits per heavy atom. The fraction of sp³-hybridized carbons (Fsp3) is 0.667. The third-order valence-corrected chi connectivity index (χ3v) is 3.11. The molecular formula is C15H24FN. The first-order chi connectivity index (χ1) is 8.33. The molecule has 2 heteroatoms. The third-order valence-electron chi connectivity index (χ3n) is 3.11. The van der Waals surface area contributed by atoms with E-state index in [0.717, 1.165) is 12.0 Å². The second kappa shape index (κ2) is 9.15. The summed E-state index contributed by atoms with van der Waals surface area (Å²) in [5.41, 5.74) is 1.15. The summed E-state index contributed by atoms with van der Waals surface area (Å²) < 4.78 is 12.6. The number of hydrogen-bond acceptors (Lipinski definition) is 1. The molecule has 0 saturated carbocycles. The van der Waals surface area contributed by atoms with Gasteiger partial charge < -0.3 is 0 Å². The highest BCUT2D eigenvalue weighted by Gasteiger charge is 1.96. The Balaban J connectivity index is 1.95. The minimum absolute atomic E-state index is 0.385. The van der Waals surface area contributed by atoms with E-state index in [9.17, 15) is 4.39 Å². The van der Waals surface area contributed by atoms with E-state index in [0.29, 0.717) is 0 Å². The number of aryl methyl sites for hydroxylation is 1. The van der Waals surface area contributed by atoms with Gasteiger partial charge in [-0.2, -0.15) is 4.39 Å². The molecular weight excluding hydrogens is 213 g/mol. The van der Waals surface area contributed by atoms with E-state index in [1.165, 1.54) is 57.4 Å². The Hall–Kier alpha value is -0.920. The summed E-state index contributed by atoms with van der Waals surface area (Å²) in [5.74, 6) is -0.385. The number of unbranched alkanes of at least 4 members (excludes halogenated alkanes) is 7. The van der Waals surface area contributed by atoms with Crippen LogP contribution in [0.25, 0.3) is 0 Å². The molecule has 17 heavy (non-hydrogen) atoms. The van der Waals surface area contributed by atoms with Crippen molar-refractivity contribution in [1.29, 1.82) is 0 Å². The Bertz CT molecular complexity index is 281. The van der Waals surface area contributed by atoms with Gasteiger partial charge in [-0.3, -0.25) is 0 Å². The zero-order valence-electron chi connectivity index (χ0n) is 10.9. The molecule has 1 heterocycles. The lowest BCUT2D eigenvalue weighted by atomic mass is 10.1. The van der Waals surface area contributed by atoms with Gasteiger partial charge in [-0.1, -0.05) is 57.9 Å². The second-order valence-electron chi connectivity index (χ2n) is 4.71. The van der Waals surface area contributed by atoms with Crippen molar-refractivity contribution in [1.82, 2.24) is 4.98 Å². The van der Waals surface area contributed by atoms with Crippen molar-refractivity contribution in [3.05, 3.63) is 29.8 Å². The molecule has 0 aliphatic carbocycles. The van der Waals surface area contributed by atoms with Crippen LogP contribution in [-0.2, 0) is 6.42 Å². The molecule has 1 aromatic rings. The van der Waals surface area contributed by atoms with Gasteiger partial charge in [-0.15, -0.1) is 0 Å². The average Bonchev–Trinajstić information content (AvgIpc) is 2.35. The van der Waals surface area contributed by atoms with Crippen LogP contribution in [0, 0.1) is 5.95 Å².